The summed E-state index contributed by atoms with van der Waals surface area (Å²) >= 11 is 0. The van der Waals surface area contributed by atoms with E-state index in [9.17, 15) is 18.0 Å². The van der Waals surface area contributed by atoms with Gasteiger partial charge in [-0.1, -0.05) is 19.1 Å². The van der Waals surface area contributed by atoms with E-state index in [1.54, 1.807) is 19.1 Å². The second kappa shape index (κ2) is 6.26. The second-order valence-corrected chi connectivity index (χ2v) is 6.97. The lowest BCUT2D eigenvalue weighted by atomic mass is 10.2. The summed E-state index contributed by atoms with van der Waals surface area (Å²) in [7, 11) is -3.49. The molecule has 0 radical (unpaired) electrons. The van der Waals surface area contributed by atoms with E-state index in [0.717, 1.165) is 0 Å². The van der Waals surface area contributed by atoms with Gasteiger partial charge in [-0.05, 0) is 18.6 Å². The molecule has 1 heterocycles. The van der Waals surface area contributed by atoms with Crippen molar-refractivity contribution in [1.82, 2.24) is 10.2 Å². The van der Waals surface area contributed by atoms with E-state index >= 15 is 0 Å². The molecule has 1 aliphatic heterocycles. The first-order valence-electron chi connectivity index (χ1n) is 6.83. The molecule has 21 heavy (non-hydrogen) atoms. The van der Waals surface area contributed by atoms with Gasteiger partial charge in [-0.25, -0.2) is 8.42 Å². The highest BCUT2D eigenvalue weighted by atomic mass is 32.2. The molecule has 1 aromatic carbocycles. The molecule has 1 aliphatic rings. The number of carbonyl (C=O) groups is 2. The van der Waals surface area contributed by atoms with Gasteiger partial charge in [0.05, 0.1) is 22.8 Å². The molecular formula is C14H18N2O4S. The van der Waals surface area contributed by atoms with Crippen molar-refractivity contribution in [2.75, 3.05) is 25.4 Å². The van der Waals surface area contributed by atoms with Crippen LogP contribution in [0.1, 0.15) is 23.7 Å². The predicted molar refractivity (Wildman–Crippen MR) is 77.7 cm³/mol. The fourth-order valence-electron chi connectivity index (χ4n) is 2.28. The number of hydrogen-bond donors (Lipinski definition) is 1. The van der Waals surface area contributed by atoms with Crippen molar-refractivity contribution in [2.45, 2.75) is 18.2 Å². The minimum atomic E-state index is -3.49. The van der Waals surface area contributed by atoms with Gasteiger partial charge in [0.1, 0.15) is 0 Å². The van der Waals surface area contributed by atoms with Crippen LogP contribution in [-0.2, 0) is 14.6 Å². The number of piperazine rings is 1. The molecule has 0 aliphatic carbocycles. The third-order valence-electron chi connectivity index (χ3n) is 3.25. The molecule has 0 spiro atoms. The molecule has 6 nitrogen and oxygen atoms in total. The fraction of sp³-hybridized carbons (Fsp3) is 0.429. The molecule has 114 valence electrons. The Balaban J connectivity index is 2.36. The molecule has 1 saturated heterocycles. The summed E-state index contributed by atoms with van der Waals surface area (Å²) in [4.78, 5) is 25.3. The quantitative estimate of drug-likeness (QED) is 0.875. The van der Waals surface area contributed by atoms with Crippen molar-refractivity contribution in [3.8, 4) is 0 Å². The van der Waals surface area contributed by atoms with Gasteiger partial charge in [0, 0.05) is 13.1 Å². The normalized spacial score (nSPS) is 15.7. The van der Waals surface area contributed by atoms with Gasteiger partial charge < -0.3 is 10.2 Å². The molecule has 0 saturated carbocycles. The molecule has 0 bridgehead atoms. The Hall–Kier alpha value is -1.89. The minimum Gasteiger partial charge on any atom is -0.353 e. The maximum atomic E-state index is 12.5. The maximum absolute atomic E-state index is 12.5. The molecule has 1 aromatic rings. The lowest BCUT2D eigenvalue weighted by Crippen LogP contribution is -2.50. The summed E-state index contributed by atoms with van der Waals surface area (Å²) in [5, 5.41) is 2.63. The van der Waals surface area contributed by atoms with Gasteiger partial charge >= 0.3 is 0 Å². The predicted octanol–water partition coefficient (Wildman–Crippen LogP) is 0.442. The third-order valence-corrected chi connectivity index (χ3v) is 5.22. The Morgan fingerprint density at radius 3 is 2.71 bits per heavy atom. The van der Waals surface area contributed by atoms with Crippen molar-refractivity contribution in [2.24, 2.45) is 0 Å². The van der Waals surface area contributed by atoms with E-state index in [2.05, 4.69) is 5.32 Å². The minimum absolute atomic E-state index is 0.00220. The Kier molecular flexibility index (Phi) is 4.62. The van der Waals surface area contributed by atoms with Gasteiger partial charge in [0.2, 0.25) is 5.91 Å². The van der Waals surface area contributed by atoms with Crippen LogP contribution in [0, 0.1) is 0 Å². The maximum Gasteiger partial charge on any atom is 0.255 e. The largest absolute Gasteiger partial charge is 0.353 e. The van der Waals surface area contributed by atoms with E-state index in [0.29, 0.717) is 19.5 Å². The SMILES string of the molecule is CCCS(=O)(=O)c1ccccc1C(=O)N1CCNC(=O)C1. The van der Waals surface area contributed by atoms with Crippen LogP contribution in [0.5, 0.6) is 0 Å². The lowest BCUT2D eigenvalue weighted by molar-refractivity contribution is -0.123. The fourth-order valence-corrected chi connectivity index (χ4v) is 3.81. The zero-order valence-electron chi connectivity index (χ0n) is 11.8. The Morgan fingerprint density at radius 2 is 2.05 bits per heavy atom. The zero-order chi connectivity index (χ0) is 15.5. The van der Waals surface area contributed by atoms with E-state index in [-0.39, 0.29) is 28.7 Å². The van der Waals surface area contributed by atoms with Crippen molar-refractivity contribution in [1.29, 1.82) is 0 Å². The van der Waals surface area contributed by atoms with Gasteiger partial charge in [0.25, 0.3) is 5.91 Å². The number of nitrogens with zero attached hydrogens (tertiary/aromatic N) is 1. The number of rotatable bonds is 4. The summed E-state index contributed by atoms with van der Waals surface area (Å²) in [6, 6.07) is 6.17. The number of amides is 2. The van der Waals surface area contributed by atoms with Crippen LogP contribution in [0.15, 0.2) is 29.2 Å². The number of nitrogens with one attached hydrogen (secondary N) is 1. The van der Waals surface area contributed by atoms with Crippen LogP contribution in [0.25, 0.3) is 0 Å². The molecule has 1 fully saturated rings. The van der Waals surface area contributed by atoms with Crippen LogP contribution >= 0.6 is 0 Å². The second-order valence-electron chi connectivity index (χ2n) is 4.89. The smallest absolute Gasteiger partial charge is 0.255 e. The highest BCUT2D eigenvalue weighted by Gasteiger charge is 2.27. The number of hydrogen-bond acceptors (Lipinski definition) is 4. The van der Waals surface area contributed by atoms with Crippen LogP contribution in [0.2, 0.25) is 0 Å². The van der Waals surface area contributed by atoms with Crippen LogP contribution in [-0.4, -0.2) is 50.5 Å². The van der Waals surface area contributed by atoms with Crippen LogP contribution in [0.3, 0.4) is 0 Å². The Bertz CT molecular complexity index is 655. The van der Waals surface area contributed by atoms with Crippen LogP contribution in [0.4, 0.5) is 0 Å². The Labute approximate surface area is 124 Å². The van der Waals surface area contributed by atoms with Crippen molar-refractivity contribution in [3.63, 3.8) is 0 Å². The first-order valence-corrected chi connectivity index (χ1v) is 8.48. The molecule has 0 atom stereocenters. The molecule has 2 rings (SSSR count). The first-order chi connectivity index (χ1) is 9.95. The molecule has 1 N–H and O–H groups in total. The number of carbonyl (C=O) groups excluding carboxylic acids is 2. The van der Waals surface area contributed by atoms with E-state index in [4.69, 9.17) is 0 Å². The first kappa shape index (κ1) is 15.5. The molecule has 7 heteroatoms. The lowest BCUT2D eigenvalue weighted by Gasteiger charge is -2.27. The summed E-state index contributed by atoms with van der Waals surface area (Å²) in [6.45, 7) is 2.50. The van der Waals surface area contributed by atoms with Crippen molar-refractivity contribution < 1.29 is 18.0 Å². The Morgan fingerprint density at radius 1 is 1.33 bits per heavy atom. The average Bonchev–Trinajstić information content (AvgIpc) is 2.46. The van der Waals surface area contributed by atoms with Gasteiger partial charge in [-0.15, -0.1) is 0 Å². The van der Waals surface area contributed by atoms with Gasteiger partial charge in [-0.3, -0.25) is 9.59 Å². The summed E-state index contributed by atoms with van der Waals surface area (Å²) in [6.07, 6.45) is 0.483. The number of benzene rings is 1. The summed E-state index contributed by atoms with van der Waals surface area (Å²) in [5.74, 6) is -0.652. The van der Waals surface area contributed by atoms with Gasteiger partial charge in [0.15, 0.2) is 9.84 Å². The standard InChI is InChI=1S/C14H18N2O4S/c1-2-9-21(19,20)12-6-4-3-5-11(12)14(18)16-8-7-15-13(17)10-16/h3-6H,2,7-10H2,1H3,(H,15,17). The zero-order valence-corrected chi connectivity index (χ0v) is 12.6. The molecule has 0 aromatic heterocycles. The highest BCUT2D eigenvalue weighted by Crippen LogP contribution is 2.20. The summed E-state index contributed by atoms with van der Waals surface area (Å²) in [5.41, 5.74) is 0.139. The molecular weight excluding hydrogens is 292 g/mol. The highest BCUT2D eigenvalue weighted by molar-refractivity contribution is 7.91. The van der Waals surface area contributed by atoms with Gasteiger partial charge in [-0.2, -0.15) is 0 Å². The third kappa shape index (κ3) is 3.41. The average molecular weight is 310 g/mol. The van der Waals surface area contributed by atoms with Crippen molar-refractivity contribution in [3.05, 3.63) is 29.8 Å². The molecule has 2 amide bonds. The van der Waals surface area contributed by atoms with E-state index < -0.39 is 15.7 Å². The summed E-state index contributed by atoms with van der Waals surface area (Å²) < 4.78 is 24.5. The monoisotopic (exact) mass is 310 g/mol. The number of sulfone groups is 1. The molecule has 0 unspecified atom stereocenters. The van der Waals surface area contributed by atoms with Crippen LogP contribution < -0.4 is 5.32 Å². The van der Waals surface area contributed by atoms with Crippen molar-refractivity contribution >= 4 is 21.7 Å². The van der Waals surface area contributed by atoms with E-state index in [1.807, 2.05) is 0 Å². The topological polar surface area (TPSA) is 83.6 Å². The van der Waals surface area contributed by atoms with E-state index in [1.165, 1.54) is 17.0 Å².